The van der Waals surface area contributed by atoms with Crippen LogP contribution in [0.5, 0.6) is 0 Å². The van der Waals surface area contributed by atoms with Crippen LogP contribution >= 0.6 is 11.3 Å². The maximum Gasteiger partial charge on any atom is 0.226 e. The Hall–Kier alpha value is -2.55. The standard InChI is InChI=1S/C24H31N5O2S/c1-28-15-16-29(20(18-28)19-8-3-2-4-9-19)14-7-13-25-22(30)11-5-12-23-26-24(27-31-23)21-10-6-17-32-21/h2-4,6,8-10,17,20H,5,7,11-16,18H2,1H3,(H,25,30). The summed E-state index contributed by atoms with van der Waals surface area (Å²) in [4.78, 5) is 22.5. The van der Waals surface area contributed by atoms with Crippen LogP contribution in [0.3, 0.4) is 0 Å². The number of carbonyl (C=O) groups is 1. The minimum Gasteiger partial charge on any atom is -0.356 e. The molecular weight excluding hydrogens is 422 g/mol. The Morgan fingerprint density at radius 2 is 2.06 bits per heavy atom. The van der Waals surface area contributed by atoms with Crippen molar-refractivity contribution in [1.82, 2.24) is 25.3 Å². The summed E-state index contributed by atoms with van der Waals surface area (Å²) < 4.78 is 5.29. The zero-order chi connectivity index (χ0) is 22.2. The molecule has 1 aromatic carbocycles. The number of hydrogen-bond acceptors (Lipinski definition) is 7. The van der Waals surface area contributed by atoms with Crippen LogP contribution in [0.4, 0.5) is 0 Å². The van der Waals surface area contributed by atoms with Gasteiger partial charge in [0.2, 0.25) is 17.6 Å². The molecule has 170 valence electrons. The van der Waals surface area contributed by atoms with Gasteiger partial charge >= 0.3 is 0 Å². The molecule has 1 unspecified atom stereocenters. The van der Waals surface area contributed by atoms with Crippen molar-refractivity contribution in [3.8, 4) is 10.7 Å². The van der Waals surface area contributed by atoms with E-state index in [0.29, 0.717) is 43.6 Å². The third kappa shape index (κ3) is 6.25. The van der Waals surface area contributed by atoms with Crippen LogP contribution in [0.25, 0.3) is 10.7 Å². The molecule has 1 amide bonds. The topological polar surface area (TPSA) is 74.5 Å². The number of thiophene rings is 1. The first-order valence-electron chi connectivity index (χ1n) is 11.3. The average Bonchev–Trinajstić information content (AvgIpc) is 3.50. The van der Waals surface area contributed by atoms with Crippen molar-refractivity contribution in [3.63, 3.8) is 0 Å². The molecule has 0 aliphatic carbocycles. The number of piperazine rings is 1. The van der Waals surface area contributed by atoms with Gasteiger partial charge in [-0.3, -0.25) is 9.69 Å². The van der Waals surface area contributed by atoms with Crippen LogP contribution in [0.15, 0.2) is 52.4 Å². The Morgan fingerprint density at radius 1 is 1.19 bits per heavy atom. The molecule has 2 aromatic heterocycles. The quantitative estimate of drug-likeness (QED) is 0.473. The summed E-state index contributed by atoms with van der Waals surface area (Å²) in [6.07, 6.45) is 2.74. The lowest BCUT2D eigenvalue weighted by atomic mass is 10.0. The zero-order valence-corrected chi connectivity index (χ0v) is 19.4. The molecule has 1 N–H and O–H groups in total. The number of aryl methyl sites for hydroxylation is 1. The van der Waals surface area contributed by atoms with E-state index < -0.39 is 0 Å². The Balaban J connectivity index is 1.14. The molecule has 1 aliphatic heterocycles. The summed E-state index contributed by atoms with van der Waals surface area (Å²) >= 11 is 1.58. The second kappa shape index (κ2) is 11.4. The largest absolute Gasteiger partial charge is 0.356 e. The van der Waals surface area contributed by atoms with Crippen molar-refractivity contribution < 1.29 is 9.32 Å². The van der Waals surface area contributed by atoms with E-state index in [0.717, 1.165) is 37.5 Å². The molecule has 0 radical (unpaired) electrons. The van der Waals surface area contributed by atoms with Crippen LogP contribution in [0, 0.1) is 0 Å². The fourth-order valence-electron chi connectivity index (χ4n) is 4.08. The lowest BCUT2D eigenvalue weighted by molar-refractivity contribution is -0.121. The molecule has 1 aliphatic rings. The first-order chi connectivity index (χ1) is 15.7. The highest BCUT2D eigenvalue weighted by molar-refractivity contribution is 7.13. The highest BCUT2D eigenvalue weighted by Gasteiger charge is 2.25. The highest BCUT2D eigenvalue weighted by Crippen LogP contribution is 2.25. The summed E-state index contributed by atoms with van der Waals surface area (Å²) in [5.74, 6) is 1.29. The van der Waals surface area contributed by atoms with Gasteiger partial charge in [-0.15, -0.1) is 11.3 Å². The predicted molar refractivity (Wildman–Crippen MR) is 126 cm³/mol. The molecule has 0 bridgehead atoms. The third-order valence-electron chi connectivity index (χ3n) is 5.83. The minimum absolute atomic E-state index is 0.0842. The van der Waals surface area contributed by atoms with Gasteiger partial charge in [0, 0.05) is 51.6 Å². The predicted octanol–water partition coefficient (Wildman–Crippen LogP) is 3.62. The summed E-state index contributed by atoms with van der Waals surface area (Å²) in [6.45, 7) is 4.87. The van der Waals surface area contributed by atoms with Gasteiger partial charge in [-0.1, -0.05) is 41.6 Å². The van der Waals surface area contributed by atoms with E-state index in [4.69, 9.17) is 4.52 Å². The van der Waals surface area contributed by atoms with Gasteiger partial charge < -0.3 is 14.7 Å². The second-order valence-corrected chi connectivity index (χ2v) is 9.22. The smallest absolute Gasteiger partial charge is 0.226 e. The minimum atomic E-state index is 0.0842. The Kier molecular flexibility index (Phi) is 8.03. The number of rotatable bonds is 10. The van der Waals surface area contributed by atoms with Gasteiger partial charge in [0.05, 0.1) is 4.88 Å². The summed E-state index contributed by atoms with van der Waals surface area (Å²) in [5.41, 5.74) is 1.37. The van der Waals surface area contributed by atoms with Crippen molar-refractivity contribution >= 4 is 17.2 Å². The SMILES string of the molecule is CN1CCN(CCCNC(=O)CCCc2nc(-c3cccs3)no2)C(c2ccccc2)C1. The number of nitrogens with one attached hydrogen (secondary N) is 1. The second-order valence-electron chi connectivity index (χ2n) is 8.27. The van der Waals surface area contributed by atoms with E-state index in [9.17, 15) is 4.79 Å². The first-order valence-corrected chi connectivity index (χ1v) is 12.2. The van der Waals surface area contributed by atoms with Crippen molar-refractivity contribution in [2.45, 2.75) is 31.7 Å². The molecule has 8 heteroatoms. The highest BCUT2D eigenvalue weighted by atomic mass is 32.1. The van der Waals surface area contributed by atoms with E-state index in [2.05, 4.69) is 62.6 Å². The van der Waals surface area contributed by atoms with Gasteiger partial charge in [-0.25, -0.2) is 0 Å². The Morgan fingerprint density at radius 3 is 2.88 bits per heavy atom. The van der Waals surface area contributed by atoms with E-state index in [-0.39, 0.29) is 5.91 Å². The molecule has 32 heavy (non-hydrogen) atoms. The molecule has 1 saturated heterocycles. The molecule has 4 rings (SSSR count). The van der Waals surface area contributed by atoms with Gasteiger partial charge in [0.25, 0.3) is 0 Å². The lowest BCUT2D eigenvalue weighted by Crippen LogP contribution is -2.47. The maximum atomic E-state index is 12.2. The maximum absolute atomic E-state index is 12.2. The van der Waals surface area contributed by atoms with Crippen LogP contribution in [0.1, 0.15) is 36.8 Å². The number of benzene rings is 1. The fourth-order valence-corrected chi connectivity index (χ4v) is 4.73. The third-order valence-corrected chi connectivity index (χ3v) is 6.69. The average molecular weight is 454 g/mol. The van der Waals surface area contributed by atoms with Crippen LogP contribution in [-0.2, 0) is 11.2 Å². The van der Waals surface area contributed by atoms with Crippen LogP contribution in [0.2, 0.25) is 0 Å². The number of nitrogens with zero attached hydrogens (tertiary/aromatic N) is 4. The van der Waals surface area contributed by atoms with Crippen LogP contribution in [-0.4, -0.2) is 65.6 Å². The van der Waals surface area contributed by atoms with Crippen molar-refractivity contribution in [1.29, 1.82) is 0 Å². The summed E-state index contributed by atoms with van der Waals surface area (Å²) in [6, 6.07) is 15.1. The van der Waals surface area contributed by atoms with E-state index >= 15 is 0 Å². The molecule has 3 aromatic rings. The lowest BCUT2D eigenvalue weighted by Gasteiger charge is -2.40. The number of aromatic nitrogens is 2. The number of likely N-dealkylation sites (N-methyl/N-ethyl adjacent to an activating group) is 1. The summed E-state index contributed by atoms with van der Waals surface area (Å²) in [5, 5.41) is 9.06. The van der Waals surface area contributed by atoms with Crippen molar-refractivity contribution in [2.75, 3.05) is 39.8 Å². The molecule has 7 nitrogen and oxygen atoms in total. The molecule has 0 saturated carbocycles. The van der Waals surface area contributed by atoms with Gasteiger partial charge in [0.15, 0.2) is 0 Å². The molecule has 0 spiro atoms. The monoisotopic (exact) mass is 453 g/mol. The van der Waals surface area contributed by atoms with E-state index in [1.54, 1.807) is 11.3 Å². The van der Waals surface area contributed by atoms with Gasteiger partial charge in [0.1, 0.15) is 0 Å². The number of carbonyl (C=O) groups excluding carboxylic acids is 1. The molecule has 1 atom stereocenters. The Bertz CT molecular complexity index is 960. The number of amides is 1. The van der Waals surface area contributed by atoms with E-state index in [1.165, 1.54) is 5.56 Å². The van der Waals surface area contributed by atoms with Crippen LogP contribution < -0.4 is 5.32 Å². The zero-order valence-electron chi connectivity index (χ0n) is 18.6. The first kappa shape index (κ1) is 22.6. The van der Waals surface area contributed by atoms with Gasteiger partial charge in [-0.2, -0.15) is 4.98 Å². The van der Waals surface area contributed by atoms with Gasteiger partial charge in [-0.05, 0) is 36.9 Å². The molecular formula is C24H31N5O2S. The molecule has 3 heterocycles. The van der Waals surface area contributed by atoms with E-state index in [1.807, 2.05) is 17.5 Å². The normalized spacial score (nSPS) is 17.5. The fraction of sp³-hybridized carbons (Fsp3) is 0.458. The summed E-state index contributed by atoms with van der Waals surface area (Å²) in [7, 11) is 2.19. The van der Waals surface area contributed by atoms with Crippen molar-refractivity contribution in [2.24, 2.45) is 0 Å². The Labute approximate surface area is 193 Å². The van der Waals surface area contributed by atoms with Crippen molar-refractivity contribution in [3.05, 3.63) is 59.3 Å². The number of hydrogen-bond donors (Lipinski definition) is 1. The molecule has 1 fully saturated rings.